The molecule has 4 heteroatoms. The van der Waals surface area contributed by atoms with Crippen molar-refractivity contribution in [1.82, 2.24) is 5.32 Å². The molecule has 2 N–H and O–H groups in total. The Hall–Kier alpha value is -1.03. The molecule has 3 nitrogen and oxygen atoms in total. The fourth-order valence-electron chi connectivity index (χ4n) is 0.957. The Bertz CT molecular complexity index is 276. The summed E-state index contributed by atoms with van der Waals surface area (Å²) >= 11 is 3.39. The van der Waals surface area contributed by atoms with Gasteiger partial charge < -0.3 is 10.4 Å². The summed E-state index contributed by atoms with van der Waals surface area (Å²) in [6, 6.07) is 9.66. The fraction of sp³-hybridized carbons (Fsp3) is 0.222. The summed E-state index contributed by atoms with van der Waals surface area (Å²) in [6.07, 6.45) is -1.000. The van der Waals surface area contributed by atoms with Crippen LogP contribution in [0.5, 0.6) is 0 Å². The Balaban J connectivity index is 2.49. The van der Waals surface area contributed by atoms with Crippen LogP contribution in [0.1, 0.15) is 10.4 Å². The number of nitrogens with one attached hydrogen (secondary N) is 1. The monoisotopic (exact) mass is 243 g/mol. The molecule has 0 spiro atoms. The third-order valence-electron chi connectivity index (χ3n) is 1.59. The van der Waals surface area contributed by atoms with E-state index in [1.165, 1.54) is 0 Å². The summed E-state index contributed by atoms with van der Waals surface area (Å²) in [5, 5.41) is 10.7. The molecule has 1 rings (SSSR count). The highest BCUT2D eigenvalue weighted by Crippen LogP contribution is 2.20. The highest BCUT2D eigenvalue weighted by atomic mass is 79.9. The zero-order chi connectivity index (χ0) is 9.68. The molecule has 0 fully saturated rings. The number of hydrogen-bond donors (Lipinski definition) is 2. The van der Waals surface area contributed by atoms with Crippen molar-refractivity contribution in [2.45, 2.75) is 4.83 Å². The molecular weight excluding hydrogens is 234 g/mol. The van der Waals surface area contributed by atoms with Crippen molar-refractivity contribution < 1.29 is 9.90 Å². The number of hydrogen-bond acceptors (Lipinski definition) is 1. The van der Waals surface area contributed by atoms with Crippen LogP contribution in [0, 0.1) is 0 Å². The number of amides is 1. The lowest BCUT2D eigenvalue weighted by atomic mass is 10.1. The van der Waals surface area contributed by atoms with Crippen molar-refractivity contribution in [1.29, 1.82) is 0 Å². The van der Waals surface area contributed by atoms with Gasteiger partial charge in [-0.15, -0.1) is 0 Å². The summed E-state index contributed by atoms with van der Waals surface area (Å²) in [7, 11) is 0. The number of carboxylic acid groups (broad SMARTS) is 1. The van der Waals surface area contributed by atoms with Crippen LogP contribution in [0.15, 0.2) is 30.3 Å². The predicted octanol–water partition coefficient (Wildman–Crippen LogP) is 2.39. The topological polar surface area (TPSA) is 49.3 Å². The predicted molar refractivity (Wildman–Crippen MR) is 54.1 cm³/mol. The van der Waals surface area contributed by atoms with Gasteiger partial charge in [-0.05, 0) is 5.56 Å². The summed E-state index contributed by atoms with van der Waals surface area (Å²) in [5.41, 5.74) is 1.07. The molecule has 0 aliphatic rings. The molecule has 1 amide bonds. The quantitative estimate of drug-likeness (QED) is 0.802. The molecule has 0 bridgehead atoms. The first-order chi connectivity index (χ1) is 6.20. The van der Waals surface area contributed by atoms with Crippen LogP contribution < -0.4 is 5.32 Å². The van der Waals surface area contributed by atoms with Crippen molar-refractivity contribution in [2.24, 2.45) is 0 Å². The van der Waals surface area contributed by atoms with Crippen LogP contribution in [0.3, 0.4) is 0 Å². The highest BCUT2D eigenvalue weighted by Gasteiger charge is 2.07. The smallest absolute Gasteiger partial charge is 0.404 e. The van der Waals surface area contributed by atoms with Crippen molar-refractivity contribution in [3.63, 3.8) is 0 Å². The molecule has 0 aromatic heterocycles. The number of alkyl halides is 1. The van der Waals surface area contributed by atoms with E-state index in [4.69, 9.17) is 5.11 Å². The van der Waals surface area contributed by atoms with Crippen LogP contribution in [0.4, 0.5) is 4.79 Å². The van der Waals surface area contributed by atoms with Gasteiger partial charge in [0.1, 0.15) is 0 Å². The maximum Gasteiger partial charge on any atom is 0.404 e. The van der Waals surface area contributed by atoms with Crippen molar-refractivity contribution in [2.75, 3.05) is 6.54 Å². The number of rotatable bonds is 3. The van der Waals surface area contributed by atoms with E-state index in [9.17, 15) is 4.79 Å². The van der Waals surface area contributed by atoms with Gasteiger partial charge in [0, 0.05) is 6.54 Å². The summed E-state index contributed by atoms with van der Waals surface area (Å²) in [6.45, 7) is 0.374. The minimum absolute atomic E-state index is 0.0322. The molecule has 13 heavy (non-hydrogen) atoms. The maximum absolute atomic E-state index is 10.2. The van der Waals surface area contributed by atoms with Crippen molar-refractivity contribution in [3.05, 3.63) is 35.9 Å². The van der Waals surface area contributed by atoms with E-state index in [0.717, 1.165) is 5.56 Å². The zero-order valence-electron chi connectivity index (χ0n) is 6.90. The molecule has 70 valence electrons. The molecule has 0 heterocycles. The zero-order valence-corrected chi connectivity index (χ0v) is 8.49. The van der Waals surface area contributed by atoms with Gasteiger partial charge >= 0.3 is 6.09 Å². The molecule has 0 aliphatic heterocycles. The first kappa shape index (κ1) is 10.1. The van der Waals surface area contributed by atoms with Crippen molar-refractivity contribution >= 4 is 22.0 Å². The summed E-state index contributed by atoms with van der Waals surface area (Å²) in [4.78, 5) is 10.2. The largest absolute Gasteiger partial charge is 0.465 e. The van der Waals surface area contributed by atoms with Gasteiger partial charge in [-0.2, -0.15) is 0 Å². The lowest BCUT2D eigenvalue weighted by Crippen LogP contribution is -2.24. The highest BCUT2D eigenvalue weighted by molar-refractivity contribution is 9.09. The lowest BCUT2D eigenvalue weighted by molar-refractivity contribution is 0.194. The minimum Gasteiger partial charge on any atom is -0.465 e. The molecule has 0 saturated carbocycles. The number of carbonyl (C=O) groups is 1. The summed E-state index contributed by atoms with van der Waals surface area (Å²) in [5.74, 6) is 0. The molecule has 1 aromatic carbocycles. The van der Waals surface area contributed by atoms with E-state index >= 15 is 0 Å². The summed E-state index contributed by atoms with van der Waals surface area (Å²) < 4.78 is 0. The van der Waals surface area contributed by atoms with Gasteiger partial charge in [-0.25, -0.2) is 4.79 Å². The van der Waals surface area contributed by atoms with Gasteiger partial charge in [0.05, 0.1) is 4.83 Å². The van der Waals surface area contributed by atoms with Gasteiger partial charge in [-0.3, -0.25) is 0 Å². The average molecular weight is 244 g/mol. The van der Waals surface area contributed by atoms with Gasteiger partial charge in [-0.1, -0.05) is 46.3 Å². The Morgan fingerprint density at radius 3 is 2.62 bits per heavy atom. The van der Waals surface area contributed by atoms with Crippen LogP contribution in [-0.4, -0.2) is 17.7 Å². The second-order valence-corrected chi connectivity index (χ2v) is 3.67. The Kier molecular flexibility index (Phi) is 3.76. The molecule has 1 atom stereocenters. The Labute approximate surface area is 84.9 Å². The van der Waals surface area contributed by atoms with Gasteiger partial charge in [0.25, 0.3) is 0 Å². The van der Waals surface area contributed by atoms with E-state index < -0.39 is 6.09 Å². The van der Waals surface area contributed by atoms with Crippen LogP contribution in [0.25, 0.3) is 0 Å². The minimum atomic E-state index is -1.000. The lowest BCUT2D eigenvalue weighted by Gasteiger charge is -2.08. The number of benzene rings is 1. The standard InChI is InChI=1S/C9H10BrNO2/c10-8(6-11-9(12)13)7-4-2-1-3-5-7/h1-5,8,11H,6H2,(H,12,13). The third kappa shape index (κ3) is 3.46. The van der Waals surface area contributed by atoms with E-state index in [1.54, 1.807) is 0 Å². The molecule has 0 radical (unpaired) electrons. The van der Waals surface area contributed by atoms with E-state index in [2.05, 4.69) is 21.2 Å². The van der Waals surface area contributed by atoms with E-state index in [0.29, 0.717) is 6.54 Å². The van der Waals surface area contributed by atoms with Gasteiger partial charge in [0.15, 0.2) is 0 Å². The Morgan fingerprint density at radius 1 is 1.46 bits per heavy atom. The average Bonchev–Trinajstić information content (AvgIpc) is 2.15. The van der Waals surface area contributed by atoms with Crippen molar-refractivity contribution in [3.8, 4) is 0 Å². The first-order valence-corrected chi connectivity index (χ1v) is 4.77. The van der Waals surface area contributed by atoms with E-state index in [-0.39, 0.29) is 4.83 Å². The molecule has 1 aromatic rings. The Morgan fingerprint density at radius 2 is 2.08 bits per heavy atom. The maximum atomic E-state index is 10.2. The SMILES string of the molecule is O=C(O)NCC(Br)c1ccccc1. The van der Waals surface area contributed by atoms with E-state index in [1.807, 2.05) is 30.3 Å². The molecular formula is C9H10BrNO2. The normalized spacial score (nSPS) is 12.1. The van der Waals surface area contributed by atoms with Crippen LogP contribution >= 0.6 is 15.9 Å². The fourth-order valence-corrected chi connectivity index (χ4v) is 1.42. The number of halogens is 1. The van der Waals surface area contributed by atoms with Gasteiger partial charge in [0.2, 0.25) is 0 Å². The molecule has 0 saturated heterocycles. The van der Waals surface area contributed by atoms with Crippen LogP contribution in [0.2, 0.25) is 0 Å². The van der Waals surface area contributed by atoms with Crippen LogP contribution in [-0.2, 0) is 0 Å². The first-order valence-electron chi connectivity index (χ1n) is 3.86. The third-order valence-corrected chi connectivity index (χ3v) is 2.45. The second-order valence-electron chi connectivity index (χ2n) is 2.56. The second kappa shape index (κ2) is 4.87. The molecule has 1 unspecified atom stereocenters. The molecule has 0 aliphatic carbocycles.